The van der Waals surface area contributed by atoms with Crippen molar-refractivity contribution < 1.29 is 14.0 Å². The van der Waals surface area contributed by atoms with Crippen LogP contribution in [0.2, 0.25) is 0 Å². The number of halogens is 1. The first kappa shape index (κ1) is 22.3. The van der Waals surface area contributed by atoms with Crippen LogP contribution in [0.4, 0.5) is 4.39 Å². The number of hydrogen-bond acceptors (Lipinski definition) is 2. The van der Waals surface area contributed by atoms with Crippen LogP contribution in [-0.2, 0) is 17.9 Å². The monoisotopic (exact) mass is 462 g/mol. The van der Waals surface area contributed by atoms with E-state index < -0.39 is 11.7 Å². The molecule has 0 saturated heterocycles. The Morgan fingerprint density at radius 3 is 1.89 bits per heavy atom. The van der Waals surface area contributed by atoms with Crippen LogP contribution in [0, 0.1) is 5.82 Å². The third-order valence-electron chi connectivity index (χ3n) is 5.96. The van der Waals surface area contributed by atoms with Gasteiger partial charge in [-0.15, -0.1) is 0 Å². The highest BCUT2D eigenvalue weighted by Crippen LogP contribution is 2.29. The molecule has 0 unspecified atom stereocenters. The highest BCUT2D eigenvalue weighted by molar-refractivity contribution is 6.43. The minimum Gasteiger partial charge on any atom is -0.327 e. The van der Waals surface area contributed by atoms with E-state index in [-0.39, 0.29) is 11.5 Å². The molecule has 0 N–H and O–H groups in total. The molecule has 0 saturated carbocycles. The van der Waals surface area contributed by atoms with Gasteiger partial charge >= 0.3 is 0 Å². The van der Waals surface area contributed by atoms with Gasteiger partial charge in [-0.05, 0) is 47.0 Å². The van der Waals surface area contributed by atoms with Gasteiger partial charge in [0.2, 0.25) is 0 Å². The van der Waals surface area contributed by atoms with Crippen LogP contribution in [0.25, 0.3) is 16.6 Å². The predicted octanol–water partition coefficient (Wildman–Crippen LogP) is 6.16. The second-order valence-corrected chi connectivity index (χ2v) is 8.37. The van der Waals surface area contributed by atoms with Gasteiger partial charge in [0, 0.05) is 30.4 Å². The summed E-state index contributed by atoms with van der Waals surface area (Å²) in [5, 5.41) is 0. The standard InChI is InChI=1S/C30H23FN2O2/c31-25-16-14-24(15-17-25)27-19-26-13-7-8-18-33(26)28(27)29(34)30(35)32(20-22-9-3-1-4-10-22)21-23-11-5-2-6-12-23/h1-19H,20-21H2. The molecule has 2 aromatic heterocycles. The fourth-order valence-corrected chi connectivity index (χ4v) is 4.26. The average Bonchev–Trinajstić information content (AvgIpc) is 3.29. The predicted molar refractivity (Wildman–Crippen MR) is 134 cm³/mol. The molecule has 2 heterocycles. The summed E-state index contributed by atoms with van der Waals surface area (Å²) in [7, 11) is 0. The summed E-state index contributed by atoms with van der Waals surface area (Å²) < 4.78 is 15.3. The van der Waals surface area contributed by atoms with Crippen LogP contribution in [0.5, 0.6) is 0 Å². The minimum atomic E-state index is -0.609. The van der Waals surface area contributed by atoms with Crippen molar-refractivity contribution in [3.63, 3.8) is 0 Å². The molecule has 5 rings (SSSR count). The summed E-state index contributed by atoms with van der Waals surface area (Å²) in [5.41, 5.74) is 4.17. The number of aromatic nitrogens is 1. The van der Waals surface area contributed by atoms with Crippen LogP contribution in [0.3, 0.4) is 0 Å². The number of nitrogens with zero attached hydrogens (tertiary/aromatic N) is 2. The van der Waals surface area contributed by atoms with E-state index in [4.69, 9.17) is 0 Å². The zero-order chi connectivity index (χ0) is 24.2. The molecule has 5 aromatic rings. The van der Waals surface area contributed by atoms with Crippen molar-refractivity contribution >= 4 is 17.2 Å². The van der Waals surface area contributed by atoms with Crippen LogP contribution in [0.15, 0.2) is 115 Å². The average molecular weight is 463 g/mol. The van der Waals surface area contributed by atoms with E-state index >= 15 is 0 Å². The van der Waals surface area contributed by atoms with Crippen molar-refractivity contribution in [1.82, 2.24) is 9.30 Å². The zero-order valence-corrected chi connectivity index (χ0v) is 19.0. The highest BCUT2D eigenvalue weighted by atomic mass is 19.1. The third kappa shape index (κ3) is 4.75. The molecule has 0 aliphatic carbocycles. The molecule has 4 nitrogen and oxygen atoms in total. The number of hydrogen-bond donors (Lipinski definition) is 0. The lowest BCUT2D eigenvalue weighted by atomic mass is 10.0. The molecule has 5 heteroatoms. The van der Waals surface area contributed by atoms with E-state index in [0.29, 0.717) is 24.2 Å². The van der Waals surface area contributed by atoms with Crippen molar-refractivity contribution in [3.05, 3.63) is 138 Å². The molecule has 1 amide bonds. The van der Waals surface area contributed by atoms with Gasteiger partial charge in [0.1, 0.15) is 11.5 Å². The summed E-state index contributed by atoms with van der Waals surface area (Å²) in [6, 6.07) is 32.6. The van der Waals surface area contributed by atoms with Crippen LogP contribution < -0.4 is 0 Å². The van der Waals surface area contributed by atoms with Crippen molar-refractivity contribution in [2.45, 2.75) is 13.1 Å². The molecule has 0 radical (unpaired) electrons. The van der Waals surface area contributed by atoms with E-state index in [1.54, 1.807) is 27.6 Å². The number of carbonyl (C=O) groups is 2. The van der Waals surface area contributed by atoms with Gasteiger partial charge in [0.15, 0.2) is 0 Å². The SMILES string of the molecule is O=C(C(=O)N(Cc1ccccc1)Cc1ccccc1)c1c(-c2ccc(F)cc2)cc2ccccn12. The third-order valence-corrected chi connectivity index (χ3v) is 5.96. The van der Waals surface area contributed by atoms with E-state index in [2.05, 4.69) is 0 Å². The Labute approximate surface area is 202 Å². The second kappa shape index (κ2) is 9.77. The van der Waals surface area contributed by atoms with Gasteiger partial charge in [-0.2, -0.15) is 0 Å². The number of pyridine rings is 1. The van der Waals surface area contributed by atoms with Gasteiger partial charge in [0.25, 0.3) is 11.7 Å². The van der Waals surface area contributed by atoms with Gasteiger partial charge in [0.05, 0.1) is 0 Å². The first-order chi connectivity index (χ1) is 17.1. The summed E-state index contributed by atoms with van der Waals surface area (Å²) >= 11 is 0. The molecular weight excluding hydrogens is 439 g/mol. The Hall–Kier alpha value is -4.51. The number of carbonyl (C=O) groups excluding carboxylic acids is 2. The van der Waals surface area contributed by atoms with Crippen LogP contribution in [-0.4, -0.2) is 21.0 Å². The maximum absolute atomic E-state index is 13.8. The molecule has 172 valence electrons. The topological polar surface area (TPSA) is 41.8 Å². The largest absolute Gasteiger partial charge is 0.327 e. The molecule has 0 aliphatic rings. The van der Waals surface area contributed by atoms with Crippen molar-refractivity contribution in [1.29, 1.82) is 0 Å². The van der Waals surface area contributed by atoms with Gasteiger partial charge in [-0.3, -0.25) is 9.59 Å². The fourth-order valence-electron chi connectivity index (χ4n) is 4.26. The minimum absolute atomic E-state index is 0.267. The molecule has 0 aliphatic heterocycles. The number of ketones is 1. The van der Waals surface area contributed by atoms with Gasteiger partial charge in [-0.25, -0.2) is 4.39 Å². The highest BCUT2D eigenvalue weighted by Gasteiger charge is 2.29. The van der Waals surface area contributed by atoms with Crippen molar-refractivity contribution in [2.24, 2.45) is 0 Å². The molecule has 0 bridgehead atoms. The van der Waals surface area contributed by atoms with Crippen LogP contribution >= 0.6 is 0 Å². The van der Waals surface area contributed by atoms with E-state index in [9.17, 15) is 14.0 Å². The Balaban J connectivity index is 1.56. The summed E-state index contributed by atoms with van der Waals surface area (Å²) in [5.74, 6) is -1.56. The summed E-state index contributed by atoms with van der Waals surface area (Å²) in [4.78, 5) is 29.1. The normalized spacial score (nSPS) is 10.9. The Morgan fingerprint density at radius 2 is 1.29 bits per heavy atom. The molecular formula is C30H23FN2O2. The number of fused-ring (bicyclic) bond motifs is 1. The second-order valence-electron chi connectivity index (χ2n) is 8.37. The lowest BCUT2D eigenvalue weighted by Gasteiger charge is -2.23. The number of benzene rings is 3. The maximum atomic E-state index is 13.8. The summed E-state index contributed by atoms with van der Waals surface area (Å²) in [6.45, 7) is 0.602. The summed E-state index contributed by atoms with van der Waals surface area (Å²) in [6.07, 6.45) is 1.77. The van der Waals surface area contributed by atoms with Gasteiger partial charge in [-0.1, -0.05) is 78.9 Å². The van der Waals surface area contributed by atoms with Gasteiger partial charge < -0.3 is 9.30 Å². The Kier molecular flexibility index (Phi) is 6.22. The van der Waals surface area contributed by atoms with Crippen molar-refractivity contribution in [2.75, 3.05) is 0 Å². The smallest absolute Gasteiger partial charge is 0.297 e. The lowest BCUT2D eigenvalue weighted by molar-refractivity contribution is -0.127. The van der Waals surface area contributed by atoms with Crippen LogP contribution in [0.1, 0.15) is 21.6 Å². The van der Waals surface area contributed by atoms with E-state index in [0.717, 1.165) is 16.6 Å². The number of Topliss-reactive ketones (excluding diaryl/α,β-unsaturated/α-hetero) is 1. The first-order valence-electron chi connectivity index (χ1n) is 11.4. The molecule has 3 aromatic carbocycles. The van der Waals surface area contributed by atoms with E-state index in [1.807, 2.05) is 84.9 Å². The lowest BCUT2D eigenvalue weighted by Crippen LogP contribution is -2.36. The fraction of sp³-hybridized carbons (Fsp3) is 0.0667. The Morgan fingerprint density at radius 1 is 0.714 bits per heavy atom. The number of rotatable bonds is 7. The molecule has 35 heavy (non-hydrogen) atoms. The molecule has 0 atom stereocenters. The molecule has 0 spiro atoms. The maximum Gasteiger partial charge on any atom is 0.297 e. The van der Waals surface area contributed by atoms with E-state index in [1.165, 1.54) is 12.1 Å². The number of amides is 1. The van der Waals surface area contributed by atoms with Crippen molar-refractivity contribution in [3.8, 4) is 11.1 Å². The molecule has 0 fully saturated rings. The first-order valence-corrected chi connectivity index (χ1v) is 11.4. The zero-order valence-electron chi connectivity index (χ0n) is 19.0. The Bertz CT molecular complexity index is 1430. The quantitative estimate of drug-likeness (QED) is 0.215.